The van der Waals surface area contributed by atoms with Gasteiger partial charge in [-0.2, -0.15) is 5.10 Å². The van der Waals surface area contributed by atoms with Crippen LogP contribution in [0.15, 0.2) is 11.0 Å². The van der Waals surface area contributed by atoms with Gasteiger partial charge in [-0.05, 0) is 13.0 Å². The fourth-order valence-electron chi connectivity index (χ4n) is 2.11. The third kappa shape index (κ3) is 3.19. The summed E-state index contributed by atoms with van der Waals surface area (Å²) in [5, 5.41) is 4.36. The molecule has 0 atom stereocenters. The van der Waals surface area contributed by atoms with E-state index in [-0.39, 0.29) is 18.6 Å². The van der Waals surface area contributed by atoms with Gasteiger partial charge in [-0.15, -0.1) is 0 Å². The van der Waals surface area contributed by atoms with Gasteiger partial charge in [0, 0.05) is 7.05 Å². The molecule has 0 aliphatic rings. The first-order chi connectivity index (χ1) is 9.51. The molecule has 0 aliphatic carbocycles. The second-order valence-corrected chi connectivity index (χ2v) is 4.64. The predicted octanol–water partition coefficient (Wildman–Crippen LogP) is 1.13. The summed E-state index contributed by atoms with van der Waals surface area (Å²) >= 11 is 0. The molecule has 0 unspecified atom stereocenters. The fraction of sp³-hybridized carbons (Fsp3) is 0.583. The Labute approximate surface area is 114 Å². The SMILES string of the molecule is CCCN(Cc1nc2c(cnn2C)c(=O)[nH]1)CC(F)F. The van der Waals surface area contributed by atoms with Crippen molar-refractivity contribution in [3.05, 3.63) is 22.4 Å². The summed E-state index contributed by atoms with van der Waals surface area (Å²) in [5.41, 5.74) is 0.156. The van der Waals surface area contributed by atoms with E-state index in [1.54, 1.807) is 11.9 Å². The first-order valence-electron chi connectivity index (χ1n) is 6.42. The van der Waals surface area contributed by atoms with Gasteiger partial charge in [0.1, 0.15) is 11.2 Å². The molecule has 0 aromatic carbocycles. The van der Waals surface area contributed by atoms with Crippen molar-refractivity contribution in [2.75, 3.05) is 13.1 Å². The zero-order valence-electron chi connectivity index (χ0n) is 11.4. The molecular formula is C12H17F2N5O. The van der Waals surface area contributed by atoms with Gasteiger partial charge < -0.3 is 4.98 Å². The molecule has 0 radical (unpaired) electrons. The van der Waals surface area contributed by atoms with Crippen molar-refractivity contribution in [2.45, 2.75) is 26.3 Å². The smallest absolute Gasteiger partial charge is 0.262 e. The van der Waals surface area contributed by atoms with E-state index in [1.807, 2.05) is 6.92 Å². The van der Waals surface area contributed by atoms with E-state index in [2.05, 4.69) is 15.1 Å². The van der Waals surface area contributed by atoms with E-state index in [9.17, 15) is 13.6 Å². The largest absolute Gasteiger partial charge is 0.309 e. The van der Waals surface area contributed by atoms with Crippen molar-refractivity contribution in [3.8, 4) is 0 Å². The van der Waals surface area contributed by atoms with Gasteiger partial charge in [0.25, 0.3) is 12.0 Å². The molecule has 1 N–H and O–H groups in total. The van der Waals surface area contributed by atoms with Crippen molar-refractivity contribution < 1.29 is 8.78 Å². The maximum absolute atomic E-state index is 12.5. The van der Waals surface area contributed by atoms with Crippen LogP contribution in [0.3, 0.4) is 0 Å². The third-order valence-electron chi connectivity index (χ3n) is 2.96. The highest BCUT2D eigenvalue weighted by atomic mass is 19.3. The number of nitrogens with zero attached hydrogens (tertiary/aromatic N) is 4. The number of fused-ring (bicyclic) bond motifs is 1. The number of aromatic amines is 1. The molecule has 0 amide bonds. The molecule has 2 heterocycles. The third-order valence-corrected chi connectivity index (χ3v) is 2.96. The minimum Gasteiger partial charge on any atom is -0.309 e. The van der Waals surface area contributed by atoms with Crippen molar-refractivity contribution >= 4 is 11.0 Å². The number of aromatic nitrogens is 4. The van der Waals surface area contributed by atoms with Gasteiger partial charge in [-0.1, -0.05) is 6.92 Å². The van der Waals surface area contributed by atoms with E-state index in [1.165, 1.54) is 10.9 Å². The van der Waals surface area contributed by atoms with Crippen molar-refractivity contribution in [1.29, 1.82) is 0 Å². The van der Waals surface area contributed by atoms with Crippen LogP contribution in [0.2, 0.25) is 0 Å². The zero-order chi connectivity index (χ0) is 14.7. The lowest BCUT2D eigenvalue weighted by molar-refractivity contribution is 0.0834. The quantitative estimate of drug-likeness (QED) is 0.864. The van der Waals surface area contributed by atoms with Crippen LogP contribution in [-0.4, -0.2) is 44.2 Å². The molecule has 2 aromatic rings. The van der Waals surface area contributed by atoms with Crippen LogP contribution in [0.1, 0.15) is 19.2 Å². The Morgan fingerprint density at radius 2 is 2.25 bits per heavy atom. The molecule has 0 saturated heterocycles. The molecule has 0 saturated carbocycles. The number of H-pyrrole nitrogens is 1. The summed E-state index contributed by atoms with van der Waals surface area (Å²) in [6, 6.07) is 0. The monoisotopic (exact) mass is 285 g/mol. The highest BCUT2D eigenvalue weighted by Gasteiger charge is 2.14. The molecular weight excluding hydrogens is 268 g/mol. The van der Waals surface area contributed by atoms with E-state index in [4.69, 9.17) is 0 Å². The summed E-state index contributed by atoms with van der Waals surface area (Å²) in [6.45, 7) is 2.30. The second kappa shape index (κ2) is 6.08. The van der Waals surface area contributed by atoms with Crippen molar-refractivity contribution in [3.63, 3.8) is 0 Å². The summed E-state index contributed by atoms with van der Waals surface area (Å²) in [4.78, 5) is 20.3. The van der Waals surface area contributed by atoms with Gasteiger partial charge in [-0.3, -0.25) is 14.4 Å². The number of halogens is 2. The average molecular weight is 285 g/mol. The van der Waals surface area contributed by atoms with Gasteiger partial charge >= 0.3 is 0 Å². The lowest BCUT2D eigenvalue weighted by atomic mass is 10.3. The van der Waals surface area contributed by atoms with Crippen molar-refractivity contribution in [1.82, 2.24) is 24.6 Å². The van der Waals surface area contributed by atoms with E-state index in [0.29, 0.717) is 23.4 Å². The Bertz CT molecular complexity index is 636. The van der Waals surface area contributed by atoms with Crippen LogP contribution < -0.4 is 5.56 Å². The van der Waals surface area contributed by atoms with Crippen molar-refractivity contribution in [2.24, 2.45) is 7.05 Å². The Morgan fingerprint density at radius 1 is 1.50 bits per heavy atom. The van der Waals surface area contributed by atoms with E-state index >= 15 is 0 Å². The molecule has 20 heavy (non-hydrogen) atoms. The van der Waals surface area contributed by atoms with E-state index < -0.39 is 6.43 Å². The predicted molar refractivity (Wildman–Crippen MR) is 70.7 cm³/mol. The van der Waals surface area contributed by atoms with Crippen LogP contribution in [0.5, 0.6) is 0 Å². The summed E-state index contributed by atoms with van der Waals surface area (Å²) < 4.78 is 26.5. The van der Waals surface area contributed by atoms with Gasteiger partial charge in [-0.25, -0.2) is 13.8 Å². The molecule has 0 bridgehead atoms. The fourth-order valence-corrected chi connectivity index (χ4v) is 2.11. The minimum atomic E-state index is -2.41. The summed E-state index contributed by atoms with van der Waals surface area (Å²) in [5.74, 6) is 0.375. The molecule has 2 rings (SSSR count). The highest BCUT2D eigenvalue weighted by Crippen LogP contribution is 2.08. The summed E-state index contributed by atoms with van der Waals surface area (Å²) in [6.07, 6.45) is -0.215. The van der Waals surface area contributed by atoms with E-state index in [0.717, 1.165) is 6.42 Å². The topological polar surface area (TPSA) is 66.8 Å². The number of aryl methyl sites for hydroxylation is 1. The van der Waals surface area contributed by atoms with Gasteiger partial charge in [0.05, 0.1) is 19.3 Å². The number of hydrogen-bond donors (Lipinski definition) is 1. The Hall–Kier alpha value is -1.83. The standard InChI is InChI=1S/C12H17F2N5O/c1-3-4-19(6-9(13)14)7-10-16-11-8(12(20)17-10)5-15-18(11)2/h5,9H,3-4,6-7H2,1-2H3,(H,16,17,20). The van der Waals surface area contributed by atoms with Crippen LogP contribution in [0, 0.1) is 0 Å². The lowest BCUT2D eigenvalue weighted by Gasteiger charge is -2.20. The molecule has 8 heteroatoms. The molecule has 6 nitrogen and oxygen atoms in total. The lowest BCUT2D eigenvalue weighted by Crippen LogP contribution is -2.31. The maximum Gasteiger partial charge on any atom is 0.262 e. The number of alkyl halides is 2. The molecule has 110 valence electrons. The Kier molecular flexibility index (Phi) is 4.43. The Morgan fingerprint density at radius 3 is 2.90 bits per heavy atom. The maximum atomic E-state index is 12.5. The number of nitrogens with one attached hydrogen (secondary N) is 1. The van der Waals surface area contributed by atoms with Crippen LogP contribution >= 0.6 is 0 Å². The molecule has 0 fully saturated rings. The molecule has 0 aliphatic heterocycles. The highest BCUT2D eigenvalue weighted by molar-refractivity contribution is 5.72. The van der Waals surface area contributed by atoms with Crippen LogP contribution in [0.25, 0.3) is 11.0 Å². The molecule has 2 aromatic heterocycles. The van der Waals surface area contributed by atoms with Gasteiger partial charge in [0.15, 0.2) is 5.65 Å². The minimum absolute atomic E-state index is 0.189. The zero-order valence-corrected chi connectivity index (χ0v) is 11.4. The number of rotatable bonds is 6. The van der Waals surface area contributed by atoms with Crippen LogP contribution in [0.4, 0.5) is 8.78 Å². The number of hydrogen-bond acceptors (Lipinski definition) is 4. The Balaban J connectivity index is 2.27. The first kappa shape index (κ1) is 14.6. The first-order valence-corrected chi connectivity index (χ1v) is 6.42. The van der Waals surface area contributed by atoms with Crippen LogP contribution in [-0.2, 0) is 13.6 Å². The second-order valence-electron chi connectivity index (χ2n) is 4.64. The average Bonchev–Trinajstić information content (AvgIpc) is 2.71. The summed E-state index contributed by atoms with van der Waals surface area (Å²) in [7, 11) is 1.68. The molecule has 0 spiro atoms. The van der Waals surface area contributed by atoms with Gasteiger partial charge in [0.2, 0.25) is 0 Å². The normalized spacial score (nSPS) is 11.9.